The molecule has 2 aromatic carbocycles. The fourth-order valence-electron chi connectivity index (χ4n) is 7.02. The Labute approximate surface area is 266 Å². The molecule has 2 aromatic heterocycles. The van der Waals surface area contributed by atoms with Gasteiger partial charge in [-0.2, -0.15) is 0 Å². The largest absolute Gasteiger partial charge is 0.297 e. The number of fused-ring (bicyclic) bond motifs is 3. The van der Waals surface area contributed by atoms with Gasteiger partial charge in [-0.3, -0.25) is 9.59 Å². The topological polar surface area (TPSA) is 34.1 Å². The summed E-state index contributed by atoms with van der Waals surface area (Å²) in [5.74, 6) is 0. The Hall–Kier alpha value is -2.82. The Morgan fingerprint density at radius 3 is 1.35 bits per heavy atom. The van der Waals surface area contributed by atoms with Crippen LogP contribution in [0.1, 0.15) is 134 Å². The van der Waals surface area contributed by atoms with Crippen molar-refractivity contribution in [2.24, 2.45) is 0 Å². The van der Waals surface area contributed by atoms with Crippen molar-refractivity contribution in [2.45, 2.75) is 109 Å². The normalized spacial score (nSPS) is 13.2. The van der Waals surface area contributed by atoms with Crippen LogP contribution in [0.3, 0.4) is 0 Å². The van der Waals surface area contributed by atoms with Crippen molar-refractivity contribution in [1.29, 1.82) is 0 Å². The summed E-state index contributed by atoms with van der Waals surface area (Å²) in [5, 5.41) is 0. The second-order valence-electron chi connectivity index (χ2n) is 12.3. The van der Waals surface area contributed by atoms with Crippen molar-refractivity contribution in [3.63, 3.8) is 0 Å². The number of thiophene rings is 2. The molecule has 5 rings (SSSR count). The van der Waals surface area contributed by atoms with Gasteiger partial charge in [0.2, 0.25) is 0 Å². The van der Waals surface area contributed by atoms with Gasteiger partial charge < -0.3 is 0 Å². The van der Waals surface area contributed by atoms with Crippen molar-refractivity contribution in [3.8, 4) is 32.0 Å². The number of hydrogen-bond acceptors (Lipinski definition) is 4. The van der Waals surface area contributed by atoms with Gasteiger partial charge in [0.05, 0.1) is 9.75 Å². The van der Waals surface area contributed by atoms with E-state index in [0.29, 0.717) is 0 Å². The van der Waals surface area contributed by atoms with Crippen LogP contribution in [-0.4, -0.2) is 12.6 Å². The van der Waals surface area contributed by atoms with Crippen molar-refractivity contribution in [2.75, 3.05) is 0 Å². The van der Waals surface area contributed by atoms with Gasteiger partial charge in [0.15, 0.2) is 12.6 Å². The molecule has 0 saturated carbocycles. The van der Waals surface area contributed by atoms with Crippen LogP contribution in [-0.2, 0) is 5.41 Å². The van der Waals surface area contributed by atoms with Crippen molar-refractivity contribution in [1.82, 2.24) is 0 Å². The molecule has 1 aliphatic rings. The third-order valence-corrected chi connectivity index (χ3v) is 11.4. The van der Waals surface area contributed by atoms with Crippen molar-refractivity contribution in [3.05, 3.63) is 81.5 Å². The molecule has 1 aliphatic carbocycles. The number of rotatable bonds is 18. The summed E-state index contributed by atoms with van der Waals surface area (Å²) >= 11 is 3.17. The maximum absolute atomic E-state index is 11.5. The minimum Gasteiger partial charge on any atom is -0.297 e. The highest BCUT2D eigenvalue weighted by Gasteiger charge is 2.42. The highest BCUT2D eigenvalue weighted by atomic mass is 32.1. The second-order valence-corrected chi connectivity index (χ2v) is 14.5. The molecule has 0 saturated heterocycles. The van der Waals surface area contributed by atoms with Crippen LogP contribution in [0.2, 0.25) is 0 Å². The van der Waals surface area contributed by atoms with Crippen LogP contribution in [0.4, 0.5) is 0 Å². The molecule has 0 N–H and O–H groups in total. The molecule has 0 amide bonds. The minimum absolute atomic E-state index is 0.0261. The quantitative estimate of drug-likeness (QED) is 0.0829. The monoisotopic (exact) mass is 610 g/mol. The molecule has 43 heavy (non-hydrogen) atoms. The second kappa shape index (κ2) is 15.3. The summed E-state index contributed by atoms with van der Waals surface area (Å²) < 4.78 is 0. The van der Waals surface area contributed by atoms with Crippen LogP contribution in [0, 0.1) is 0 Å². The summed E-state index contributed by atoms with van der Waals surface area (Å²) in [5.41, 5.74) is 8.09. The molecular formula is C39H46O2S2. The van der Waals surface area contributed by atoms with Gasteiger partial charge in [0, 0.05) is 15.2 Å². The number of carbonyl (C=O) groups excluding carboxylic acids is 2. The number of unbranched alkanes of at least 4 members (excludes halogenated alkanes) is 10. The van der Waals surface area contributed by atoms with E-state index in [9.17, 15) is 9.59 Å². The Kier molecular flexibility index (Phi) is 11.2. The fourth-order valence-corrected chi connectivity index (χ4v) is 8.66. The Bertz CT molecular complexity index is 1390. The van der Waals surface area contributed by atoms with E-state index in [4.69, 9.17) is 0 Å². The molecule has 2 heterocycles. The Morgan fingerprint density at radius 1 is 0.535 bits per heavy atom. The lowest BCUT2D eigenvalue weighted by Crippen LogP contribution is -2.25. The van der Waals surface area contributed by atoms with E-state index in [0.717, 1.165) is 44.9 Å². The molecule has 2 nitrogen and oxygen atoms in total. The third kappa shape index (κ3) is 7.13. The fraction of sp³-hybridized carbons (Fsp3) is 0.436. The first-order chi connectivity index (χ1) is 21.1. The molecule has 0 unspecified atom stereocenters. The molecule has 0 radical (unpaired) electrons. The van der Waals surface area contributed by atoms with Crippen LogP contribution in [0.5, 0.6) is 0 Å². The number of hydrogen-bond donors (Lipinski definition) is 0. The van der Waals surface area contributed by atoms with Crippen molar-refractivity contribution >= 4 is 35.2 Å². The van der Waals surface area contributed by atoms with Gasteiger partial charge in [0.1, 0.15) is 0 Å². The van der Waals surface area contributed by atoms with Gasteiger partial charge in [-0.1, -0.05) is 115 Å². The molecule has 0 aliphatic heterocycles. The van der Waals surface area contributed by atoms with E-state index in [2.05, 4.69) is 62.4 Å². The molecule has 0 bridgehead atoms. The summed E-state index contributed by atoms with van der Waals surface area (Å²) in [4.78, 5) is 26.8. The molecule has 0 atom stereocenters. The summed E-state index contributed by atoms with van der Waals surface area (Å²) in [6.07, 6.45) is 19.8. The standard InChI is InChI=1S/C39H46O2S2/c1-3-5-7-9-11-13-23-39(24-14-12-10-8-6-4-2)35-25-29(37-21-17-31(27-40)42-37)15-19-33(35)34-20-16-30(26-36(34)39)38-22-18-32(28-41)43-38/h15-22,25-28H,3-14,23-24H2,1-2H3. The van der Waals surface area contributed by atoms with Gasteiger partial charge in [0.25, 0.3) is 0 Å². The maximum atomic E-state index is 11.5. The zero-order valence-electron chi connectivity index (χ0n) is 26.0. The summed E-state index contributed by atoms with van der Waals surface area (Å²) in [6.45, 7) is 4.57. The van der Waals surface area contributed by atoms with E-state index < -0.39 is 0 Å². The van der Waals surface area contributed by atoms with E-state index in [1.807, 2.05) is 12.1 Å². The van der Waals surface area contributed by atoms with Crippen LogP contribution in [0.15, 0.2) is 60.7 Å². The smallest absolute Gasteiger partial charge is 0.160 e. The first-order valence-electron chi connectivity index (χ1n) is 16.5. The summed E-state index contributed by atoms with van der Waals surface area (Å²) in [6, 6.07) is 22.2. The zero-order chi connectivity index (χ0) is 30.1. The number of benzene rings is 2. The van der Waals surface area contributed by atoms with Crippen molar-refractivity contribution < 1.29 is 9.59 Å². The van der Waals surface area contributed by atoms with E-state index in [1.54, 1.807) is 22.7 Å². The zero-order valence-corrected chi connectivity index (χ0v) is 27.6. The highest BCUT2D eigenvalue weighted by Crippen LogP contribution is 2.56. The van der Waals surface area contributed by atoms with Gasteiger partial charge in [-0.15, -0.1) is 22.7 Å². The SMILES string of the molecule is CCCCCCCCC1(CCCCCCCC)c2cc(-c3ccc(C=O)s3)ccc2-c2ccc(-c3ccc(C=O)s3)cc21. The number of carbonyl (C=O) groups is 2. The van der Waals surface area contributed by atoms with Gasteiger partial charge >= 0.3 is 0 Å². The molecule has 0 fully saturated rings. The third-order valence-electron chi connectivity index (χ3n) is 9.33. The molecular weight excluding hydrogens is 565 g/mol. The molecule has 4 aromatic rings. The predicted molar refractivity (Wildman–Crippen MR) is 186 cm³/mol. The highest BCUT2D eigenvalue weighted by molar-refractivity contribution is 7.17. The van der Waals surface area contributed by atoms with Crippen LogP contribution < -0.4 is 0 Å². The van der Waals surface area contributed by atoms with Gasteiger partial charge in [-0.25, -0.2) is 0 Å². The van der Waals surface area contributed by atoms with Crippen LogP contribution in [0.25, 0.3) is 32.0 Å². The van der Waals surface area contributed by atoms with Gasteiger partial charge in [-0.05, 0) is 82.6 Å². The van der Waals surface area contributed by atoms with E-state index in [-0.39, 0.29) is 5.41 Å². The number of aldehydes is 2. The van der Waals surface area contributed by atoms with E-state index in [1.165, 1.54) is 110 Å². The van der Waals surface area contributed by atoms with E-state index >= 15 is 0 Å². The first kappa shape index (κ1) is 31.6. The average molecular weight is 611 g/mol. The lowest BCUT2D eigenvalue weighted by molar-refractivity contribution is 0.111. The lowest BCUT2D eigenvalue weighted by Gasteiger charge is -2.33. The predicted octanol–water partition coefficient (Wildman–Crippen LogP) is 12.5. The average Bonchev–Trinajstić information content (AvgIpc) is 3.78. The Morgan fingerprint density at radius 2 is 0.953 bits per heavy atom. The van der Waals surface area contributed by atoms with Crippen LogP contribution >= 0.6 is 22.7 Å². The molecule has 226 valence electrons. The lowest BCUT2D eigenvalue weighted by atomic mass is 9.70. The Balaban J connectivity index is 1.56. The minimum atomic E-state index is -0.0261. The summed E-state index contributed by atoms with van der Waals surface area (Å²) in [7, 11) is 0. The molecule has 0 spiro atoms. The first-order valence-corrected chi connectivity index (χ1v) is 18.2. The molecule has 4 heteroatoms. The maximum Gasteiger partial charge on any atom is 0.160 e.